The molecule has 0 bridgehead atoms. The molecular weight excluding hydrogens is 408 g/mol. The van der Waals surface area contributed by atoms with Gasteiger partial charge in [0.25, 0.3) is 0 Å². The molecule has 0 unspecified atom stereocenters. The minimum absolute atomic E-state index is 0.121. The first kappa shape index (κ1) is 15.5. The number of hydrogen-bond donors (Lipinski definition) is 1. The van der Waals surface area contributed by atoms with Crippen LogP contribution in [0.4, 0.5) is 13.2 Å². The molecule has 112 valence electrons. The molecule has 0 saturated carbocycles. The molecule has 21 heavy (non-hydrogen) atoms. The Morgan fingerprint density at radius 1 is 1.19 bits per heavy atom. The van der Waals surface area contributed by atoms with E-state index in [2.05, 4.69) is 4.74 Å². The van der Waals surface area contributed by atoms with Crippen molar-refractivity contribution in [3.8, 4) is 5.75 Å². The smallest absolute Gasteiger partial charge is 0.478 e. The fourth-order valence-electron chi connectivity index (χ4n) is 1.78. The predicted octanol–water partition coefficient (Wildman–Crippen LogP) is 3.80. The Hall–Kier alpha value is -1.91. The molecule has 9 heteroatoms. The van der Waals surface area contributed by atoms with Crippen molar-refractivity contribution in [2.45, 2.75) is 6.36 Å². The van der Waals surface area contributed by atoms with Gasteiger partial charge in [-0.2, -0.15) is 0 Å². The molecule has 0 aliphatic carbocycles. The zero-order chi connectivity index (χ0) is 15.8. The van der Waals surface area contributed by atoms with E-state index in [0.717, 1.165) is 18.2 Å². The molecule has 2 aromatic carbocycles. The van der Waals surface area contributed by atoms with E-state index in [1.54, 1.807) is 0 Å². The largest absolute Gasteiger partial charge is 0.573 e. The number of benzene rings is 2. The van der Waals surface area contributed by atoms with Gasteiger partial charge in [0.15, 0.2) is 0 Å². The van der Waals surface area contributed by atoms with Crippen LogP contribution in [-0.4, -0.2) is 17.4 Å². The molecule has 0 heterocycles. The fourth-order valence-corrected chi connectivity index (χ4v) is 3.20. The van der Waals surface area contributed by atoms with Gasteiger partial charge in [-0.3, -0.25) is 0 Å². The van der Waals surface area contributed by atoms with Gasteiger partial charge in [0, 0.05) is 5.39 Å². The van der Waals surface area contributed by atoms with Crippen molar-refractivity contribution in [2.75, 3.05) is 0 Å². The lowest BCUT2D eigenvalue weighted by molar-refractivity contribution is -0.274. The van der Waals surface area contributed by atoms with E-state index in [0.29, 0.717) is 0 Å². The maximum absolute atomic E-state index is 12.3. The number of halogens is 4. The molecule has 0 aliphatic rings. The van der Waals surface area contributed by atoms with Crippen LogP contribution in [0.1, 0.15) is 10.4 Å². The molecule has 0 radical (unpaired) electrons. The van der Waals surface area contributed by atoms with Gasteiger partial charge < -0.3 is 9.84 Å². The molecule has 5 nitrogen and oxygen atoms in total. The molecule has 0 atom stereocenters. The average molecular weight is 414 g/mol. The predicted molar refractivity (Wildman–Crippen MR) is 71.7 cm³/mol. The van der Waals surface area contributed by atoms with Crippen LogP contribution in [-0.2, 0) is 6.14 Å². The summed E-state index contributed by atoms with van der Waals surface area (Å²) in [6, 6.07) is 5.54. The Balaban J connectivity index is 2.76. The summed E-state index contributed by atoms with van der Waals surface area (Å²) in [6.45, 7) is 0. The van der Waals surface area contributed by atoms with Crippen molar-refractivity contribution >= 4 is 36.5 Å². The summed E-state index contributed by atoms with van der Waals surface area (Å²) in [5.74, 6) is -2.06. The second-order valence-corrected chi connectivity index (χ2v) is 6.28. The summed E-state index contributed by atoms with van der Waals surface area (Å²) in [5.41, 5.74) is -0.471. The minimum Gasteiger partial charge on any atom is -0.478 e. The summed E-state index contributed by atoms with van der Waals surface area (Å²) in [5, 5.41) is 8.98. The standard InChI is InChI=1S/C12H6F3IO5/c13-12(14,15)21-10-3-1-2-6-4-8(11(17)18)9(16(19)20)5-7(6)10/h1-5H,(H,17,18). The van der Waals surface area contributed by atoms with Crippen LogP contribution in [0.2, 0.25) is 0 Å². The van der Waals surface area contributed by atoms with E-state index >= 15 is 0 Å². The topological polar surface area (TPSA) is 80.7 Å². The van der Waals surface area contributed by atoms with Crippen LogP contribution in [0, 0.1) is 3.57 Å². The first-order valence-corrected chi connectivity index (χ1v) is 8.14. The molecule has 2 aromatic rings. The number of rotatable bonds is 3. The Morgan fingerprint density at radius 2 is 1.86 bits per heavy atom. The third-order valence-electron chi connectivity index (χ3n) is 2.55. The highest BCUT2D eigenvalue weighted by molar-refractivity contribution is 14.2. The number of carbonyl (C=O) groups is 1. The van der Waals surface area contributed by atoms with Crippen molar-refractivity contribution in [1.82, 2.24) is 0 Å². The van der Waals surface area contributed by atoms with Crippen LogP contribution >= 0.6 is 19.8 Å². The average Bonchev–Trinajstić information content (AvgIpc) is 2.35. The number of carboxylic acids is 1. The maximum Gasteiger partial charge on any atom is 0.573 e. The van der Waals surface area contributed by atoms with Crippen LogP contribution in [0.3, 0.4) is 0 Å². The van der Waals surface area contributed by atoms with E-state index in [1.165, 1.54) is 12.1 Å². The van der Waals surface area contributed by atoms with Gasteiger partial charge in [0.05, 0.1) is 9.13 Å². The maximum atomic E-state index is 12.3. The molecule has 0 fully saturated rings. The Kier molecular flexibility index (Phi) is 4.03. The van der Waals surface area contributed by atoms with Crippen LogP contribution in [0.5, 0.6) is 5.75 Å². The highest BCUT2D eigenvalue weighted by Crippen LogP contribution is 2.34. The summed E-state index contributed by atoms with van der Waals surface area (Å²) in [6.07, 6.45) is -4.94. The van der Waals surface area contributed by atoms with E-state index in [-0.39, 0.29) is 10.8 Å². The number of carboxylic acid groups (broad SMARTS) is 1. The fraction of sp³-hybridized carbons (Fsp3) is 0.0833. The zero-order valence-corrected chi connectivity index (χ0v) is 12.1. The van der Waals surface area contributed by atoms with Gasteiger partial charge in [-0.15, -0.1) is 13.2 Å². The highest BCUT2D eigenvalue weighted by Gasteiger charge is 2.32. The number of aromatic carboxylic acids is 1. The zero-order valence-electron chi connectivity index (χ0n) is 9.98. The SMILES string of the molecule is O=C(O)c1cc2cccc(OC(F)(F)F)c2cc1I(=O)=O. The van der Waals surface area contributed by atoms with Crippen molar-refractivity contribution in [3.05, 3.63) is 39.5 Å². The third-order valence-corrected chi connectivity index (χ3v) is 4.39. The van der Waals surface area contributed by atoms with Gasteiger partial charge in [0.1, 0.15) is 5.75 Å². The second-order valence-electron chi connectivity index (χ2n) is 3.88. The molecular formula is C12H6F3IO5. The van der Waals surface area contributed by atoms with Crippen molar-refractivity contribution < 1.29 is 33.9 Å². The van der Waals surface area contributed by atoms with Gasteiger partial charge in [-0.05, 0) is 23.6 Å². The van der Waals surface area contributed by atoms with E-state index < -0.39 is 47.0 Å². The normalized spacial score (nSPS) is 11.8. The third kappa shape index (κ3) is 3.40. The van der Waals surface area contributed by atoms with Gasteiger partial charge in [0.2, 0.25) is 0 Å². The van der Waals surface area contributed by atoms with Crippen molar-refractivity contribution in [1.29, 1.82) is 0 Å². The van der Waals surface area contributed by atoms with E-state index in [4.69, 9.17) is 5.11 Å². The van der Waals surface area contributed by atoms with Crippen molar-refractivity contribution in [2.24, 2.45) is 0 Å². The van der Waals surface area contributed by atoms with Crippen molar-refractivity contribution in [3.63, 3.8) is 0 Å². The van der Waals surface area contributed by atoms with E-state index in [9.17, 15) is 24.1 Å². The molecule has 0 saturated heterocycles. The Bertz CT molecular complexity index is 787. The van der Waals surface area contributed by atoms with Gasteiger partial charge in [-0.25, -0.2) is 10.9 Å². The van der Waals surface area contributed by atoms with Crippen LogP contribution in [0.15, 0.2) is 30.3 Å². The molecule has 0 spiro atoms. The number of ether oxygens (including phenoxy) is 1. The molecule has 0 amide bonds. The quantitative estimate of drug-likeness (QED) is 0.774. The summed E-state index contributed by atoms with van der Waals surface area (Å²) in [7, 11) is 0. The van der Waals surface area contributed by atoms with Gasteiger partial charge in [-0.1, -0.05) is 12.1 Å². The first-order chi connectivity index (χ1) is 9.69. The second kappa shape index (κ2) is 5.47. The highest BCUT2D eigenvalue weighted by atomic mass is 127. The molecule has 0 aliphatic heterocycles. The van der Waals surface area contributed by atoms with E-state index in [1.807, 2.05) is 0 Å². The number of fused-ring (bicyclic) bond motifs is 1. The monoisotopic (exact) mass is 414 g/mol. The van der Waals surface area contributed by atoms with Gasteiger partial charge >= 0.3 is 32.1 Å². The lowest BCUT2D eigenvalue weighted by Crippen LogP contribution is -2.17. The summed E-state index contributed by atoms with van der Waals surface area (Å²) in [4.78, 5) is 11.0. The lowest BCUT2D eigenvalue weighted by atomic mass is 10.1. The summed E-state index contributed by atoms with van der Waals surface area (Å²) >= 11 is -4.20. The molecule has 0 aromatic heterocycles. The minimum atomic E-state index is -4.94. The van der Waals surface area contributed by atoms with Crippen LogP contribution < -0.4 is 4.74 Å². The Labute approximate surface area is 122 Å². The Morgan fingerprint density at radius 3 is 2.38 bits per heavy atom. The number of hydrogen-bond acceptors (Lipinski definition) is 4. The lowest BCUT2D eigenvalue weighted by Gasteiger charge is -2.12. The molecule has 2 rings (SSSR count). The summed E-state index contributed by atoms with van der Waals surface area (Å²) < 4.78 is 62.6. The number of alkyl halides is 3. The van der Waals surface area contributed by atoms with Crippen LogP contribution in [0.25, 0.3) is 10.8 Å². The molecule has 1 N–H and O–H groups in total. The first-order valence-electron chi connectivity index (χ1n) is 5.30.